The highest BCUT2D eigenvalue weighted by Gasteiger charge is 2.20. The number of anilines is 1. The smallest absolute Gasteiger partial charge is 0.305 e. The first-order valence-corrected chi connectivity index (χ1v) is 8.26. The van der Waals surface area contributed by atoms with Gasteiger partial charge in [-0.15, -0.1) is 0 Å². The summed E-state index contributed by atoms with van der Waals surface area (Å²) >= 11 is 0. The molecule has 116 valence electrons. The maximum atomic E-state index is 12.7. The quantitative estimate of drug-likeness (QED) is 0.855. The lowest BCUT2D eigenvalue weighted by Gasteiger charge is -2.12. The Hall–Kier alpha value is -2.34. The molecule has 2 aromatic rings. The SMILES string of the molecule is Cc1ccc(S(=O)(=O)c2ccccc2NCCC(=O)O)cc1. The van der Waals surface area contributed by atoms with Gasteiger partial charge in [-0.2, -0.15) is 0 Å². The maximum Gasteiger partial charge on any atom is 0.305 e. The van der Waals surface area contributed by atoms with Crippen molar-refractivity contribution in [3.63, 3.8) is 0 Å². The number of aryl methyl sites for hydroxylation is 1. The van der Waals surface area contributed by atoms with Crippen molar-refractivity contribution in [1.29, 1.82) is 0 Å². The van der Waals surface area contributed by atoms with Crippen LogP contribution in [-0.4, -0.2) is 26.0 Å². The van der Waals surface area contributed by atoms with Gasteiger partial charge in [0.05, 0.1) is 21.9 Å². The maximum absolute atomic E-state index is 12.7. The fourth-order valence-corrected chi connectivity index (χ4v) is 3.43. The molecule has 0 saturated heterocycles. The Balaban J connectivity index is 2.34. The number of hydrogen-bond acceptors (Lipinski definition) is 4. The third-order valence-corrected chi connectivity index (χ3v) is 4.99. The van der Waals surface area contributed by atoms with Gasteiger partial charge < -0.3 is 10.4 Å². The molecule has 2 aromatic carbocycles. The molecule has 0 saturated carbocycles. The Morgan fingerprint density at radius 3 is 2.36 bits per heavy atom. The lowest BCUT2D eigenvalue weighted by molar-refractivity contribution is -0.136. The lowest BCUT2D eigenvalue weighted by Crippen LogP contribution is -2.11. The van der Waals surface area contributed by atoms with Gasteiger partial charge >= 0.3 is 5.97 Å². The van der Waals surface area contributed by atoms with Crippen molar-refractivity contribution in [2.45, 2.75) is 23.1 Å². The van der Waals surface area contributed by atoms with Gasteiger partial charge in [-0.05, 0) is 31.2 Å². The molecule has 0 radical (unpaired) electrons. The largest absolute Gasteiger partial charge is 0.481 e. The van der Waals surface area contributed by atoms with Crippen molar-refractivity contribution in [2.75, 3.05) is 11.9 Å². The average Bonchev–Trinajstić information content (AvgIpc) is 2.48. The number of para-hydroxylation sites is 1. The number of nitrogens with one attached hydrogen (secondary N) is 1. The summed E-state index contributed by atoms with van der Waals surface area (Å²) in [6, 6.07) is 13.1. The molecule has 0 aliphatic heterocycles. The molecule has 0 unspecified atom stereocenters. The van der Waals surface area contributed by atoms with Crippen LogP contribution in [0.25, 0.3) is 0 Å². The number of rotatable bonds is 6. The minimum absolute atomic E-state index is 0.0844. The predicted octanol–water partition coefficient (Wildman–Crippen LogP) is 2.71. The zero-order valence-corrected chi connectivity index (χ0v) is 12.9. The fraction of sp³-hybridized carbons (Fsp3) is 0.188. The highest BCUT2D eigenvalue weighted by Crippen LogP contribution is 2.27. The predicted molar refractivity (Wildman–Crippen MR) is 83.8 cm³/mol. The third kappa shape index (κ3) is 3.65. The highest BCUT2D eigenvalue weighted by molar-refractivity contribution is 7.91. The van der Waals surface area contributed by atoms with Crippen molar-refractivity contribution in [2.24, 2.45) is 0 Å². The zero-order chi connectivity index (χ0) is 16.2. The molecular formula is C16H17NO4S. The standard InChI is InChI=1S/C16H17NO4S/c1-12-6-8-13(9-7-12)22(20,21)15-5-3-2-4-14(15)17-11-10-16(18)19/h2-9,17H,10-11H2,1H3,(H,18,19). The van der Waals surface area contributed by atoms with E-state index in [0.29, 0.717) is 5.69 Å². The van der Waals surface area contributed by atoms with Crippen LogP contribution in [0.5, 0.6) is 0 Å². The van der Waals surface area contributed by atoms with E-state index in [4.69, 9.17) is 5.11 Å². The van der Waals surface area contributed by atoms with Gasteiger partial charge in [0.1, 0.15) is 0 Å². The van der Waals surface area contributed by atoms with E-state index >= 15 is 0 Å². The van der Waals surface area contributed by atoms with E-state index in [1.54, 1.807) is 42.5 Å². The molecule has 2 N–H and O–H groups in total. The summed E-state index contributed by atoms with van der Waals surface area (Å²) in [5.41, 5.74) is 1.39. The number of aliphatic carboxylic acids is 1. The molecule has 22 heavy (non-hydrogen) atoms. The van der Waals surface area contributed by atoms with Crippen LogP contribution in [-0.2, 0) is 14.6 Å². The average molecular weight is 319 g/mol. The van der Waals surface area contributed by atoms with Crippen molar-refractivity contribution in [1.82, 2.24) is 0 Å². The molecule has 0 aromatic heterocycles. The van der Waals surface area contributed by atoms with Crippen LogP contribution in [0, 0.1) is 6.92 Å². The van der Waals surface area contributed by atoms with E-state index in [9.17, 15) is 13.2 Å². The summed E-state index contributed by atoms with van der Waals surface area (Å²) in [4.78, 5) is 10.9. The molecule has 0 amide bonds. The minimum Gasteiger partial charge on any atom is -0.481 e. The molecule has 0 atom stereocenters. The van der Waals surface area contributed by atoms with E-state index in [2.05, 4.69) is 5.32 Å². The number of benzene rings is 2. The molecule has 0 aliphatic rings. The number of carbonyl (C=O) groups is 1. The Labute approximate surface area is 129 Å². The molecule has 0 spiro atoms. The number of hydrogen-bond donors (Lipinski definition) is 2. The third-order valence-electron chi connectivity index (χ3n) is 3.16. The minimum atomic E-state index is -3.65. The normalized spacial score (nSPS) is 11.1. The molecule has 0 fully saturated rings. The molecule has 6 heteroatoms. The van der Waals surface area contributed by atoms with Crippen LogP contribution in [0.15, 0.2) is 58.3 Å². The summed E-state index contributed by atoms with van der Waals surface area (Å²) in [6.07, 6.45) is -0.0844. The van der Waals surface area contributed by atoms with Crippen molar-refractivity contribution < 1.29 is 18.3 Å². The van der Waals surface area contributed by atoms with Crippen LogP contribution >= 0.6 is 0 Å². The summed E-state index contributed by atoms with van der Waals surface area (Å²) in [7, 11) is -3.65. The topological polar surface area (TPSA) is 83.5 Å². The van der Waals surface area contributed by atoms with Crippen LogP contribution in [0.3, 0.4) is 0 Å². The van der Waals surface area contributed by atoms with Crippen molar-refractivity contribution >= 4 is 21.5 Å². The molecule has 0 aliphatic carbocycles. The van der Waals surface area contributed by atoms with Gasteiger partial charge in [-0.25, -0.2) is 8.42 Å². The second kappa shape index (κ2) is 6.62. The second-order valence-electron chi connectivity index (χ2n) is 4.88. The van der Waals surface area contributed by atoms with Gasteiger partial charge in [-0.3, -0.25) is 4.79 Å². The molecule has 5 nitrogen and oxygen atoms in total. The van der Waals surface area contributed by atoms with Gasteiger partial charge in [0.25, 0.3) is 0 Å². The molecule has 0 heterocycles. The van der Waals surface area contributed by atoms with E-state index in [-0.39, 0.29) is 22.8 Å². The fourth-order valence-electron chi connectivity index (χ4n) is 2.00. The summed E-state index contributed by atoms with van der Waals surface area (Å²) < 4.78 is 25.4. The van der Waals surface area contributed by atoms with Crippen molar-refractivity contribution in [3.8, 4) is 0 Å². The van der Waals surface area contributed by atoms with E-state index in [1.807, 2.05) is 6.92 Å². The molecular weight excluding hydrogens is 302 g/mol. The summed E-state index contributed by atoms with van der Waals surface area (Å²) in [5, 5.41) is 11.5. The van der Waals surface area contributed by atoms with Gasteiger partial charge in [0.2, 0.25) is 9.84 Å². The highest BCUT2D eigenvalue weighted by atomic mass is 32.2. The first kappa shape index (κ1) is 16.0. The number of carboxylic acids is 1. The Morgan fingerprint density at radius 2 is 1.73 bits per heavy atom. The van der Waals surface area contributed by atoms with Crippen LogP contribution in [0.2, 0.25) is 0 Å². The molecule has 2 rings (SSSR count). The van der Waals surface area contributed by atoms with Gasteiger partial charge in [0, 0.05) is 6.54 Å². The van der Waals surface area contributed by atoms with Crippen molar-refractivity contribution in [3.05, 3.63) is 54.1 Å². The number of sulfone groups is 1. The summed E-state index contributed by atoms with van der Waals surface area (Å²) in [6.45, 7) is 2.05. The van der Waals surface area contributed by atoms with Gasteiger partial charge in [0.15, 0.2) is 0 Å². The first-order chi connectivity index (χ1) is 10.4. The summed E-state index contributed by atoms with van der Waals surface area (Å²) in [5.74, 6) is -0.939. The van der Waals surface area contributed by atoms with E-state index in [0.717, 1.165) is 5.56 Å². The first-order valence-electron chi connectivity index (χ1n) is 6.78. The monoisotopic (exact) mass is 319 g/mol. The van der Waals surface area contributed by atoms with Gasteiger partial charge in [-0.1, -0.05) is 29.8 Å². The lowest BCUT2D eigenvalue weighted by atomic mass is 10.2. The van der Waals surface area contributed by atoms with E-state index < -0.39 is 15.8 Å². The molecule has 0 bridgehead atoms. The Morgan fingerprint density at radius 1 is 1.09 bits per heavy atom. The Kier molecular flexibility index (Phi) is 4.82. The van der Waals surface area contributed by atoms with E-state index in [1.165, 1.54) is 6.07 Å². The van der Waals surface area contributed by atoms with Crippen LogP contribution in [0.1, 0.15) is 12.0 Å². The number of carboxylic acid groups (broad SMARTS) is 1. The van der Waals surface area contributed by atoms with Crippen LogP contribution in [0.4, 0.5) is 5.69 Å². The Bertz CT molecular complexity index is 767. The van der Waals surface area contributed by atoms with Crippen LogP contribution < -0.4 is 5.32 Å². The second-order valence-corrected chi connectivity index (χ2v) is 6.80. The zero-order valence-electron chi connectivity index (χ0n) is 12.1.